The number of fused-ring (bicyclic) bond motifs is 1. The van der Waals surface area contributed by atoms with Gasteiger partial charge in [-0.1, -0.05) is 6.07 Å². The second-order valence-electron chi connectivity index (χ2n) is 7.56. The largest absolute Gasteiger partial charge is 0.465 e. The lowest BCUT2D eigenvalue weighted by Gasteiger charge is -2.19. The van der Waals surface area contributed by atoms with E-state index in [2.05, 4.69) is 15.1 Å². The molecule has 1 aromatic carbocycles. The van der Waals surface area contributed by atoms with Crippen LogP contribution in [0.15, 0.2) is 30.6 Å². The number of ketones is 2. The molecule has 0 saturated carbocycles. The first-order valence-corrected chi connectivity index (χ1v) is 9.71. The summed E-state index contributed by atoms with van der Waals surface area (Å²) >= 11 is 0. The van der Waals surface area contributed by atoms with Crippen molar-refractivity contribution >= 4 is 28.6 Å². The molecular weight excluding hydrogens is 405 g/mol. The fraction of sp³-hybridized carbons (Fsp3) is 0.333. The van der Waals surface area contributed by atoms with Crippen LogP contribution in [0.2, 0.25) is 0 Å². The summed E-state index contributed by atoms with van der Waals surface area (Å²) in [6.07, 6.45) is 0.462. The highest BCUT2D eigenvalue weighted by Crippen LogP contribution is 2.27. The number of hydrogen-bond acceptors (Lipinski definition) is 6. The van der Waals surface area contributed by atoms with E-state index >= 15 is 0 Å². The number of Topliss-reactive ketones (excluding diaryl/α,β-unsaturated/α-hetero) is 2. The average Bonchev–Trinajstić information content (AvgIpc) is 3.29. The first-order valence-electron chi connectivity index (χ1n) is 9.71. The number of alkyl halides is 1. The summed E-state index contributed by atoms with van der Waals surface area (Å²) in [4.78, 5) is 45.5. The number of aryl methyl sites for hydroxylation is 1. The van der Waals surface area contributed by atoms with Crippen LogP contribution < -0.4 is 0 Å². The molecule has 2 aromatic heterocycles. The lowest BCUT2D eigenvalue weighted by molar-refractivity contribution is -0.123. The summed E-state index contributed by atoms with van der Waals surface area (Å²) in [5.41, 5.74) is 2.30. The van der Waals surface area contributed by atoms with Gasteiger partial charge in [-0.15, -0.1) is 0 Å². The Morgan fingerprint density at radius 2 is 1.90 bits per heavy atom. The number of amides is 1. The van der Waals surface area contributed by atoms with Gasteiger partial charge in [-0.05, 0) is 24.6 Å². The molecule has 160 valence electrons. The minimum Gasteiger partial charge on any atom is -0.465 e. The van der Waals surface area contributed by atoms with Crippen molar-refractivity contribution in [3.05, 3.63) is 42.1 Å². The molecule has 0 unspecified atom stereocenters. The Morgan fingerprint density at radius 1 is 1.19 bits per heavy atom. The van der Waals surface area contributed by atoms with Crippen LogP contribution in [-0.4, -0.2) is 66.2 Å². The van der Waals surface area contributed by atoms with Crippen molar-refractivity contribution < 1.29 is 23.9 Å². The van der Waals surface area contributed by atoms with E-state index in [4.69, 9.17) is 0 Å². The zero-order chi connectivity index (χ0) is 22.3. The molecule has 2 atom stereocenters. The average molecular weight is 425 g/mol. The Morgan fingerprint density at radius 3 is 2.55 bits per heavy atom. The van der Waals surface area contributed by atoms with E-state index in [-0.39, 0.29) is 31.0 Å². The molecule has 4 rings (SSSR count). The summed E-state index contributed by atoms with van der Waals surface area (Å²) < 4.78 is 15.1. The lowest BCUT2D eigenvalue weighted by Crippen LogP contribution is -2.41. The van der Waals surface area contributed by atoms with Crippen molar-refractivity contribution in [3.8, 4) is 11.1 Å². The molecule has 9 nitrogen and oxygen atoms in total. The number of carbonyl (C=O) groups is 3. The molecule has 31 heavy (non-hydrogen) atoms. The predicted molar refractivity (Wildman–Crippen MR) is 109 cm³/mol. The van der Waals surface area contributed by atoms with Gasteiger partial charge in [-0.2, -0.15) is 5.10 Å². The molecule has 0 aliphatic carbocycles. The highest BCUT2D eigenvalue weighted by molar-refractivity contribution is 6.06. The number of carbonyl (C=O) groups excluding carboxylic acids is 2. The minimum atomic E-state index is -1.38. The van der Waals surface area contributed by atoms with Gasteiger partial charge in [0.15, 0.2) is 11.6 Å². The Balaban J connectivity index is 1.70. The van der Waals surface area contributed by atoms with Gasteiger partial charge in [0.25, 0.3) is 0 Å². The monoisotopic (exact) mass is 425 g/mol. The third-order valence-electron chi connectivity index (χ3n) is 5.37. The van der Waals surface area contributed by atoms with E-state index in [1.54, 1.807) is 37.5 Å². The number of aromatic nitrogens is 4. The van der Waals surface area contributed by atoms with Crippen LogP contribution in [0.1, 0.15) is 29.7 Å². The summed E-state index contributed by atoms with van der Waals surface area (Å²) in [6, 6.07) is 4.25. The molecule has 0 radical (unpaired) electrons. The molecule has 0 bridgehead atoms. The molecule has 1 N–H and O–H groups in total. The molecular formula is C21H20FN5O4. The molecule has 10 heteroatoms. The second kappa shape index (κ2) is 7.86. The number of nitrogens with zero attached hydrogens (tertiary/aromatic N) is 5. The molecule has 3 aromatic rings. The third kappa shape index (κ3) is 3.88. The molecule has 3 heterocycles. The number of carboxylic acid groups (broad SMARTS) is 1. The van der Waals surface area contributed by atoms with Crippen LogP contribution in [0, 0.1) is 6.92 Å². The predicted octanol–water partition coefficient (Wildman–Crippen LogP) is 2.66. The van der Waals surface area contributed by atoms with E-state index in [9.17, 15) is 23.9 Å². The Kier molecular flexibility index (Phi) is 5.22. The smallest absolute Gasteiger partial charge is 0.408 e. The van der Waals surface area contributed by atoms with Gasteiger partial charge >= 0.3 is 6.09 Å². The van der Waals surface area contributed by atoms with E-state index in [0.29, 0.717) is 16.7 Å². The van der Waals surface area contributed by atoms with Crippen LogP contribution in [0.25, 0.3) is 22.0 Å². The third-order valence-corrected chi connectivity index (χ3v) is 5.37. The van der Waals surface area contributed by atoms with Crippen molar-refractivity contribution in [2.24, 2.45) is 0 Å². The molecule has 1 amide bonds. The first kappa shape index (κ1) is 20.6. The number of likely N-dealkylation sites (tertiary alicyclic amines) is 1. The summed E-state index contributed by atoms with van der Waals surface area (Å²) in [5.74, 6) is -0.109. The van der Waals surface area contributed by atoms with Gasteiger partial charge in [-0.25, -0.2) is 19.2 Å². The maximum Gasteiger partial charge on any atom is 0.408 e. The summed E-state index contributed by atoms with van der Waals surface area (Å²) in [5, 5.41) is 14.1. The van der Waals surface area contributed by atoms with Crippen LogP contribution in [0.4, 0.5) is 9.18 Å². The fourth-order valence-corrected chi connectivity index (χ4v) is 3.84. The van der Waals surface area contributed by atoms with Crippen LogP contribution in [0.3, 0.4) is 0 Å². The highest BCUT2D eigenvalue weighted by Gasteiger charge is 2.40. The topological polar surface area (TPSA) is 118 Å². The fourth-order valence-electron chi connectivity index (χ4n) is 3.84. The second-order valence-corrected chi connectivity index (χ2v) is 7.56. The number of rotatable bonds is 5. The first-order chi connectivity index (χ1) is 14.7. The normalized spacial score (nSPS) is 18.5. The Labute approximate surface area is 176 Å². The summed E-state index contributed by atoms with van der Waals surface area (Å²) in [7, 11) is 0. The molecule has 0 spiro atoms. The summed E-state index contributed by atoms with van der Waals surface area (Å²) in [6.45, 7) is 2.57. The molecule has 1 aliphatic rings. The van der Waals surface area contributed by atoms with Crippen LogP contribution in [0.5, 0.6) is 0 Å². The van der Waals surface area contributed by atoms with Crippen molar-refractivity contribution in [1.82, 2.24) is 24.6 Å². The lowest BCUT2D eigenvalue weighted by atomic mass is 10.0. The maximum atomic E-state index is 13.7. The van der Waals surface area contributed by atoms with Crippen molar-refractivity contribution in [3.63, 3.8) is 0 Å². The van der Waals surface area contributed by atoms with E-state index in [1.165, 1.54) is 11.6 Å². The quantitative estimate of drug-likeness (QED) is 0.624. The van der Waals surface area contributed by atoms with Gasteiger partial charge in [0.05, 0.1) is 18.1 Å². The van der Waals surface area contributed by atoms with Gasteiger partial charge in [0, 0.05) is 36.7 Å². The number of halogens is 1. The Bertz CT molecular complexity index is 1190. The van der Waals surface area contributed by atoms with Gasteiger partial charge in [0.1, 0.15) is 24.2 Å². The number of hydrogen-bond donors (Lipinski definition) is 1. The van der Waals surface area contributed by atoms with Crippen molar-refractivity contribution in [1.29, 1.82) is 0 Å². The van der Waals surface area contributed by atoms with E-state index in [0.717, 1.165) is 16.0 Å². The minimum absolute atomic E-state index is 0.179. The SMILES string of the molecule is CC(=O)c1nn(CC(=O)[C@@H]2C[C@H](F)CN2C(=O)O)c2ccc(-c3cnc(C)nc3)cc12. The van der Waals surface area contributed by atoms with Crippen LogP contribution in [-0.2, 0) is 11.3 Å². The highest BCUT2D eigenvalue weighted by atomic mass is 19.1. The zero-order valence-electron chi connectivity index (χ0n) is 16.9. The van der Waals surface area contributed by atoms with Gasteiger partial charge in [0.2, 0.25) is 0 Å². The van der Waals surface area contributed by atoms with Gasteiger partial charge < -0.3 is 5.11 Å². The zero-order valence-corrected chi connectivity index (χ0v) is 16.9. The number of benzene rings is 1. The maximum absolute atomic E-state index is 13.7. The van der Waals surface area contributed by atoms with E-state index in [1.807, 2.05) is 0 Å². The molecule has 1 fully saturated rings. The molecule has 1 aliphatic heterocycles. The Hall–Kier alpha value is -3.69. The van der Waals surface area contributed by atoms with E-state index < -0.39 is 24.1 Å². The van der Waals surface area contributed by atoms with Crippen molar-refractivity contribution in [2.45, 2.75) is 39.0 Å². The van der Waals surface area contributed by atoms with Crippen LogP contribution >= 0.6 is 0 Å². The van der Waals surface area contributed by atoms with Crippen molar-refractivity contribution in [2.75, 3.05) is 6.54 Å². The van der Waals surface area contributed by atoms with Gasteiger partial charge in [-0.3, -0.25) is 19.2 Å². The molecule has 1 saturated heterocycles. The standard InChI is InChI=1S/C21H20FN5O4/c1-11(28)20-16-5-13(14-7-23-12(2)24-8-14)3-4-17(16)27(25-20)10-19(29)18-6-15(22)9-26(18)21(30)31/h3-5,7-8,15,18H,6,9-10H2,1-2H3,(H,30,31)/t15-,18-/m0/s1.